The van der Waals surface area contributed by atoms with Crippen LogP contribution in [0.2, 0.25) is 0 Å². The summed E-state index contributed by atoms with van der Waals surface area (Å²) in [6, 6.07) is -1.96. The standard InChI is InChI=1S/C13H20N4O5S/c1-9(15-23(21,22)10-7-14-16(2)8-10)12(18)17-6-4-3-5-11(17)13(19)20/h7-9,11,15H,3-6H2,1-2H3,(H,19,20). The molecule has 0 radical (unpaired) electrons. The fraction of sp³-hybridized carbons (Fsp3) is 0.615. The van der Waals surface area contributed by atoms with Crippen molar-refractivity contribution >= 4 is 21.9 Å². The van der Waals surface area contributed by atoms with Crippen LogP contribution in [0, 0.1) is 0 Å². The van der Waals surface area contributed by atoms with Gasteiger partial charge < -0.3 is 10.0 Å². The van der Waals surface area contributed by atoms with Crippen LogP contribution in [0.5, 0.6) is 0 Å². The molecule has 2 heterocycles. The van der Waals surface area contributed by atoms with E-state index in [4.69, 9.17) is 0 Å². The highest BCUT2D eigenvalue weighted by atomic mass is 32.2. The van der Waals surface area contributed by atoms with E-state index in [1.807, 2.05) is 0 Å². The predicted octanol–water partition coefficient (Wildman–Crippen LogP) is -0.447. The Bertz CT molecular complexity index is 699. The molecule has 1 aromatic rings. The maximum atomic E-state index is 12.4. The number of nitrogens with zero attached hydrogens (tertiary/aromatic N) is 3. The lowest BCUT2D eigenvalue weighted by Gasteiger charge is -2.34. The molecule has 0 saturated carbocycles. The predicted molar refractivity (Wildman–Crippen MR) is 80.0 cm³/mol. The first-order valence-corrected chi connectivity index (χ1v) is 8.75. The highest BCUT2D eigenvalue weighted by Crippen LogP contribution is 2.19. The van der Waals surface area contributed by atoms with Gasteiger partial charge in [-0.05, 0) is 26.2 Å². The fourth-order valence-corrected chi connectivity index (χ4v) is 3.77. The molecule has 2 rings (SSSR count). The van der Waals surface area contributed by atoms with E-state index in [0.29, 0.717) is 19.4 Å². The van der Waals surface area contributed by atoms with Crippen LogP contribution in [-0.2, 0) is 26.7 Å². The molecular weight excluding hydrogens is 324 g/mol. The molecule has 1 amide bonds. The topological polar surface area (TPSA) is 122 Å². The first kappa shape index (κ1) is 17.4. The van der Waals surface area contributed by atoms with Crippen molar-refractivity contribution in [1.29, 1.82) is 0 Å². The van der Waals surface area contributed by atoms with Gasteiger partial charge in [-0.1, -0.05) is 0 Å². The summed E-state index contributed by atoms with van der Waals surface area (Å²) in [5.41, 5.74) is 0. The number of piperidine rings is 1. The molecule has 0 aromatic carbocycles. The zero-order chi connectivity index (χ0) is 17.2. The third kappa shape index (κ3) is 3.88. The minimum Gasteiger partial charge on any atom is -0.480 e. The minimum absolute atomic E-state index is 0.0481. The lowest BCUT2D eigenvalue weighted by atomic mass is 10.0. The summed E-state index contributed by atoms with van der Waals surface area (Å²) < 4.78 is 28.0. The van der Waals surface area contributed by atoms with Crippen molar-refractivity contribution in [3.63, 3.8) is 0 Å². The molecule has 2 atom stereocenters. The summed E-state index contributed by atoms with van der Waals surface area (Å²) in [6.07, 6.45) is 4.32. The van der Waals surface area contributed by atoms with Crippen molar-refractivity contribution in [3.8, 4) is 0 Å². The number of carboxylic acid groups (broad SMARTS) is 1. The van der Waals surface area contributed by atoms with Crippen molar-refractivity contribution in [2.24, 2.45) is 7.05 Å². The van der Waals surface area contributed by atoms with Gasteiger partial charge in [0.1, 0.15) is 10.9 Å². The maximum absolute atomic E-state index is 12.4. The van der Waals surface area contributed by atoms with Crippen molar-refractivity contribution in [1.82, 2.24) is 19.4 Å². The number of hydrogen-bond donors (Lipinski definition) is 2. The van der Waals surface area contributed by atoms with Crippen molar-refractivity contribution in [3.05, 3.63) is 12.4 Å². The van der Waals surface area contributed by atoms with Gasteiger partial charge in [0, 0.05) is 19.8 Å². The van der Waals surface area contributed by atoms with Crippen LogP contribution in [-0.4, -0.2) is 58.7 Å². The molecule has 0 spiro atoms. The quantitative estimate of drug-likeness (QED) is 0.746. The number of hydrogen-bond acceptors (Lipinski definition) is 5. The second-order valence-corrected chi connectivity index (χ2v) is 7.29. The van der Waals surface area contributed by atoms with E-state index in [1.54, 1.807) is 7.05 Å². The third-order valence-corrected chi connectivity index (χ3v) is 5.26. The summed E-state index contributed by atoms with van der Waals surface area (Å²) in [5, 5.41) is 13.0. The number of nitrogens with one attached hydrogen (secondary N) is 1. The summed E-state index contributed by atoms with van der Waals surface area (Å²) in [6.45, 7) is 1.72. The van der Waals surface area contributed by atoms with Crippen LogP contribution in [0.25, 0.3) is 0 Å². The molecule has 2 N–H and O–H groups in total. The molecule has 23 heavy (non-hydrogen) atoms. The molecule has 10 heteroatoms. The van der Waals surface area contributed by atoms with Gasteiger partial charge in [0.2, 0.25) is 15.9 Å². The second kappa shape index (κ2) is 6.67. The van der Waals surface area contributed by atoms with Crippen LogP contribution in [0.1, 0.15) is 26.2 Å². The molecule has 2 unspecified atom stereocenters. The fourth-order valence-electron chi connectivity index (χ4n) is 2.59. The number of aromatic nitrogens is 2. The van der Waals surface area contributed by atoms with Crippen LogP contribution in [0.15, 0.2) is 17.3 Å². The van der Waals surface area contributed by atoms with E-state index in [-0.39, 0.29) is 4.90 Å². The molecular formula is C13H20N4O5S. The number of likely N-dealkylation sites (tertiary alicyclic amines) is 1. The normalized spacial score (nSPS) is 20.3. The highest BCUT2D eigenvalue weighted by Gasteiger charge is 2.35. The third-order valence-electron chi connectivity index (χ3n) is 3.76. The number of aryl methyl sites for hydroxylation is 1. The smallest absolute Gasteiger partial charge is 0.326 e. The summed E-state index contributed by atoms with van der Waals surface area (Å²) in [5.74, 6) is -1.61. The average Bonchev–Trinajstić information content (AvgIpc) is 2.93. The van der Waals surface area contributed by atoms with E-state index in [9.17, 15) is 23.1 Å². The molecule has 1 saturated heterocycles. The number of carboxylic acids is 1. The van der Waals surface area contributed by atoms with Crippen LogP contribution < -0.4 is 4.72 Å². The van der Waals surface area contributed by atoms with Gasteiger partial charge in [0.25, 0.3) is 0 Å². The first-order chi connectivity index (χ1) is 10.7. The number of rotatable bonds is 5. The summed E-state index contributed by atoms with van der Waals surface area (Å²) in [7, 11) is -2.31. The maximum Gasteiger partial charge on any atom is 0.326 e. The first-order valence-electron chi connectivity index (χ1n) is 7.26. The second-order valence-electron chi connectivity index (χ2n) is 5.57. The molecule has 1 aromatic heterocycles. The zero-order valence-electron chi connectivity index (χ0n) is 13.0. The lowest BCUT2D eigenvalue weighted by Crippen LogP contribution is -2.54. The van der Waals surface area contributed by atoms with E-state index in [1.165, 1.54) is 28.9 Å². The Morgan fingerprint density at radius 3 is 2.70 bits per heavy atom. The van der Waals surface area contributed by atoms with Crippen molar-refractivity contribution in [2.75, 3.05) is 6.54 Å². The largest absolute Gasteiger partial charge is 0.480 e. The number of aliphatic carboxylic acids is 1. The molecule has 0 bridgehead atoms. The van der Waals surface area contributed by atoms with Crippen molar-refractivity contribution < 1.29 is 23.1 Å². The van der Waals surface area contributed by atoms with Crippen LogP contribution in [0.4, 0.5) is 0 Å². The van der Waals surface area contributed by atoms with Gasteiger partial charge in [0.15, 0.2) is 0 Å². The number of amides is 1. The molecule has 1 aliphatic heterocycles. The van der Waals surface area contributed by atoms with E-state index >= 15 is 0 Å². The van der Waals surface area contributed by atoms with Crippen LogP contribution in [0.3, 0.4) is 0 Å². The Morgan fingerprint density at radius 2 is 2.13 bits per heavy atom. The highest BCUT2D eigenvalue weighted by molar-refractivity contribution is 7.89. The molecule has 1 aliphatic rings. The Kier molecular flexibility index (Phi) is 5.05. The molecule has 128 valence electrons. The number of carbonyl (C=O) groups is 2. The minimum atomic E-state index is -3.89. The van der Waals surface area contributed by atoms with Crippen LogP contribution >= 0.6 is 0 Å². The molecule has 1 fully saturated rings. The Labute approximate surface area is 134 Å². The van der Waals surface area contributed by atoms with Gasteiger partial charge >= 0.3 is 5.97 Å². The van der Waals surface area contributed by atoms with Gasteiger partial charge in [-0.25, -0.2) is 13.2 Å². The van der Waals surface area contributed by atoms with Gasteiger partial charge in [-0.2, -0.15) is 9.82 Å². The lowest BCUT2D eigenvalue weighted by molar-refractivity contribution is -0.152. The summed E-state index contributed by atoms with van der Waals surface area (Å²) >= 11 is 0. The molecule has 0 aliphatic carbocycles. The zero-order valence-corrected chi connectivity index (χ0v) is 13.8. The van der Waals surface area contributed by atoms with Gasteiger partial charge in [-0.3, -0.25) is 9.48 Å². The number of carbonyl (C=O) groups excluding carboxylic acids is 1. The van der Waals surface area contributed by atoms with Gasteiger partial charge in [-0.15, -0.1) is 0 Å². The average molecular weight is 344 g/mol. The van der Waals surface area contributed by atoms with E-state index in [0.717, 1.165) is 6.42 Å². The monoisotopic (exact) mass is 344 g/mol. The number of sulfonamides is 1. The molecule has 9 nitrogen and oxygen atoms in total. The van der Waals surface area contributed by atoms with Crippen molar-refractivity contribution in [2.45, 2.75) is 43.2 Å². The SMILES string of the molecule is CC(NS(=O)(=O)c1cnn(C)c1)C(=O)N1CCCCC1C(=O)O. The Hall–Kier alpha value is -1.94. The van der Waals surface area contributed by atoms with Gasteiger partial charge in [0.05, 0.1) is 12.2 Å². The summed E-state index contributed by atoms with van der Waals surface area (Å²) in [4.78, 5) is 24.9. The Morgan fingerprint density at radius 1 is 1.43 bits per heavy atom. The van der Waals surface area contributed by atoms with E-state index < -0.39 is 34.0 Å². The van der Waals surface area contributed by atoms with E-state index in [2.05, 4.69) is 9.82 Å². The Balaban J connectivity index is 2.11.